The lowest BCUT2D eigenvalue weighted by Crippen LogP contribution is -2.08. The third-order valence-corrected chi connectivity index (χ3v) is 3.12. The molecule has 0 radical (unpaired) electrons. The Balaban J connectivity index is 2.51. The lowest BCUT2D eigenvalue weighted by Gasteiger charge is -2.04. The standard InChI is InChI=1S/C12H13NO4S/c1-3-17-12(14)9(2)8-18-11-6-4-10(5-7-11)13(15)16/h4-7H,2-3,8H2,1H3. The summed E-state index contributed by atoms with van der Waals surface area (Å²) < 4.78 is 4.80. The number of ether oxygens (including phenoxy) is 1. The summed E-state index contributed by atoms with van der Waals surface area (Å²) in [5.74, 6) is -0.0108. The Labute approximate surface area is 109 Å². The Hall–Kier alpha value is -1.82. The fourth-order valence-corrected chi connectivity index (χ4v) is 1.91. The van der Waals surface area contributed by atoms with Gasteiger partial charge in [-0.3, -0.25) is 10.1 Å². The van der Waals surface area contributed by atoms with Gasteiger partial charge in [0.1, 0.15) is 0 Å². The third kappa shape index (κ3) is 4.21. The van der Waals surface area contributed by atoms with Gasteiger partial charge in [0.15, 0.2) is 0 Å². The summed E-state index contributed by atoms with van der Waals surface area (Å²) in [6.45, 7) is 5.68. The van der Waals surface area contributed by atoms with Crippen molar-refractivity contribution >= 4 is 23.4 Å². The first-order valence-electron chi connectivity index (χ1n) is 5.26. The quantitative estimate of drug-likeness (QED) is 0.260. The molecule has 0 bridgehead atoms. The lowest BCUT2D eigenvalue weighted by molar-refractivity contribution is -0.384. The highest BCUT2D eigenvalue weighted by atomic mass is 32.2. The summed E-state index contributed by atoms with van der Waals surface area (Å²) in [5.41, 5.74) is 0.420. The molecule has 0 amide bonds. The Morgan fingerprint density at radius 1 is 1.44 bits per heavy atom. The van der Waals surface area contributed by atoms with Gasteiger partial charge in [-0.05, 0) is 19.1 Å². The molecule has 0 aliphatic rings. The van der Waals surface area contributed by atoms with Gasteiger partial charge in [0.05, 0.1) is 11.5 Å². The van der Waals surface area contributed by atoms with E-state index in [1.165, 1.54) is 23.9 Å². The van der Waals surface area contributed by atoms with E-state index in [2.05, 4.69) is 6.58 Å². The summed E-state index contributed by atoms with van der Waals surface area (Å²) in [4.78, 5) is 22.1. The third-order valence-electron chi connectivity index (χ3n) is 2.02. The van der Waals surface area contributed by atoms with E-state index in [0.717, 1.165) is 4.90 Å². The molecule has 1 aromatic carbocycles. The Morgan fingerprint density at radius 3 is 2.56 bits per heavy atom. The number of benzene rings is 1. The number of hydrogen-bond acceptors (Lipinski definition) is 5. The van der Waals surface area contributed by atoms with E-state index < -0.39 is 10.9 Å². The number of non-ortho nitro benzene ring substituents is 1. The number of carbonyl (C=O) groups is 1. The van der Waals surface area contributed by atoms with Crippen molar-refractivity contribution < 1.29 is 14.5 Å². The SMILES string of the molecule is C=C(CSc1ccc([N+](=O)[O-])cc1)C(=O)OCC. The largest absolute Gasteiger partial charge is 0.463 e. The van der Waals surface area contributed by atoms with Gasteiger partial charge in [0.25, 0.3) is 5.69 Å². The molecule has 0 N–H and O–H groups in total. The number of carbonyl (C=O) groups excluding carboxylic acids is 1. The number of thioether (sulfide) groups is 1. The maximum atomic E-state index is 11.3. The van der Waals surface area contributed by atoms with E-state index in [-0.39, 0.29) is 5.69 Å². The van der Waals surface area contributed by atoms with Gasteiger partial charge in [0.2, 0.25) is 0 Å². The molecule has 0 unspecified atom stereocenters. The van der Waals surface area contributed by atoms with Crippen LogP contribution < -0.4 is 0 Å². The molecule has 18 heavy (non-hydrogen) atoms. The van der Waals surface area contributed by atoms with Crippen molar-refractivity contribution in [1.29, 1.82) is 0 Å². The molecule has 0 spiro atoms. The zero-order valence-corrected chi connectivity index (χ0v) is 10.7. The van der Waals surface area contributed by atoms with Crippen molar-refractivity contribution in [3.63, 3.8) is 0 Å². The van der Waals surface area contributed by atoms with E-state index in [9.17, 15) is 14.9 Å². The first kappa shape index (κ1) is 14.2. The van der Waals surface area contributed by atoms with E-state index >= 15 is 0 Å². The van der Waals surface area contributed by atoms with Gasteiger partial charge in [0, 0.05) is 28.4 Å². The van der Waals surface area contributed by atoms with Crippen molar-refractivity contribution in [2.45, 2.75) is 11.8 Å². The number of esters is 1. The molecule has 0 heterocycles. The zero-order valence-electron chi connectivity index (χ0n) is 9.92. The fourth-order valence-electron chi connectivity index (χ4n) is 1.13. The average molecular weight is 267 g/mol. The van der Waals surface area contributed by atoms with Crippen LogP contribution in [0, 0.1) is 10.1 Å². The molecule has 0 saturated heterocycles. The first-order chi connectivity index (χ1) is 8.54. The molecule has 0 fully saturated rings. The van der Waals surface area contributed by atoms with Crippen LogP contribution in [0.5, 0.6) is 0 Å². The van der Waals surface area contributed by atoms with Crippen molar-refractivity contribution in [3.05, 3.63) is 46.5 Å². The predicted molar refractivity (Wildman–Crippen MR) is 69.6 cm³/mol. The van der Waals surface area contributed by atoms with Crippen LogP contribution >= 0.6 is 11.8 Å². The molecule has 0 saturated carbocycles. The van der Waals surface area contributed by atoms with Crippen LogP contribution in [0.3, 0.4) is 0 Å². The molecule has 6 heteroatoms. The number of nitro benzene ring substituents is 1. The molecule has 5 nitrogen and oxygen atoms in total. The van der Waals surface area contributed by atoms with Crippen molar-refractivity contribution in [2.24, 2.45) is 0 Å². The minimum atomic E-state index is -0.452. The highest BCUT2D eigenvalue weighted by molar-refractivity contribution is 7.99. The molecule has 0 atom stereocenters. The number of nitrogens with zero attached hydrogens (tertiary/aromatic N) is 1. The van der Waals surface area contributed by atoms with Gasteiger partial charge in [-0.25, -0.2) is 4.79 Å². The highest BCUT2D eigenvalue weighted by Crippen LogP contribution is 2.23. The molecular formula is C12H13NO4S. The van der Waals surface area contributed by atoms with Crippen molar-refractivity contribution in [1.82, 2.24) is 0 Å². The second-order valence-electron chi connectivity index (χ2n) is 3.36. The van der Waals surface area contributed by atoms with Crippen LogP contribution in [0.1, 0.15) is 6.92 Å². The minimum Gasteiger partial charge on any atom is -0.463 e. The Kier molecular flexibility index (Phi) is 5.38. The summed E-state index contributed by atoms with van der Waals surface area (Å²) in [7, 11) is 0. The first-order valence-corrected chi connectivity index (χ1v) is 6.25. The zero-order chi connectivity index (χ0) is 13.5. The summed E-state index contributed by atoms with van der Waals surface area (Å²) in [5, 5.41) is 10.5. The molecular weight excluding hydrogens is 254 g/mol. The minimum absolute atomic E-state index is 0.0450. The summed E-state index contributed by atoms with van der Waals surface area (Å²) >= 11 is 1.38. The molecule has 96 valence electrons. The Bertz CT molecular complexity index is 456. The summed E-state index contributed by atoms with van der Waals surface area (Å²) in [6.07, 6.45) is 0. The highest BCUT2D eigenvalue weighted by Gasteiger charge is 2.09. The molecule has 0 aliphatic heterocycles. The van der Waals surface area contributed by atoms with Crippen LogP contribution in [0.25, 0.3) is 0 Å². The molecule has 1 rings (SSSR count). The molecule has 1 aromatic rings. The van der Waals surface area contributed by atoms with E-state index in [1.807, 2.05) is 0 Å². The van der Waals surface area contributed by atoms with Crippen LogP contribution in [0.15, 0.2) is 41.3 Å². The number of hydrogen-bond donors (Lipinski definition) is 0. The van der Waals surface area contributed by atoms with Crippen LogP contribution in [0.2, 0.25) is 0 Å². The average Bonchev–Trinajstić information content (AvgIpc) is 2.36. The molecule has 0 aromatic heterocycles. The summed E-state index contributed by atoms with van der Waals surface area (Å²) in [6, 6.07) is 6.13. The van der Waals surface area contributed by atoms with E-state index in [4.69, 9.17) is 4.74 Å². The Morgan fingerprint density at radius 2 is 2.06 bits per heavy atom. The van der Waals surface area contributed by atoms with Crippen LogP contribution in [0.4, 0.5) is 5.69 Å². The topological polar surface area (TPSA) is 69.4 Å². The second-order valence-corrected chi connectivity index (χ2v) is 4.41. The van der Waals surface area contributed by atoms with Crippen molar-refractivity contribution in [3.8, 4) is 0 Å². The second kappa shape index (κ2) is 6.80. The maximum absolute atomic E-state index is 11.3. The monoisotopic (exact) mass is 267 g/mol. The molecule has 0 aliphatic carbocycles. The number of rotatable bonds is 6. The fraction of sp³-hybridized carbons (Fsp3) is 0.250. The number of nitro groups is 1. The van der Waals surface area contributed by atoms with Gasteiger partial charge >= 0.3 is 5.97 Å². The van der Waals surface area contributed by atoms with Gasteiger partial charge in [-0.2, -0.15) is 0 Å². The maximum Gasteiger partial charge on any atom is 0.334 e. The van der Waals surface area contributed by atoms with Gasteiger partial charge < -0.3 is 4.74 Å². The van der Waals surface area contributed by atoms with E-state index in [0.29, 0.717) is 17.9 Å². The van der Waals surface area contributed by atoms with Crippen molar-refractivity contribution in [2.75, 3.05) is 12.4 Å². The predicted octanol–water partition coefficient (Wildman–Crippen LogP) is 2.81. The normalized spacial score (nSPS) is 9.83. The van der Waals surface area contributed by atoms with Crippen LogP contribution in [-0.4, -0.2) is 23.3 Å². The van der Waals surface area contributed by atoms with E-state index in [1.54, 1.807) is 19.1 Å². The lowest BCUT2D eigenvalue weighted by atomic mass is 10.3. The van der Waals surface area contributed by atoms with Gasteiger partial charge in [-0.15, -0.1) is 11.8 Å². The van der Waals surface area contributed by atoms with Gasteiger partial charge in [-0.1, -0.05) is 6.58 Å². The smallest absolute Gasteiger partial charge is 0.334 e. The van der Waals surface area contributed by atoms with Crippen LogP contribution in [-0.2, 0) is 9.53 Å².